The molecule has 1 aliphatic rings. The van der Waals surface area contributed by atoms with Crippen LogP contribution in [0.1, 0.15) is 22.3 Å². The first-order valence-corrected chi connectivity index (χ1v) is 11.3. The topological polar surface area (TPSA) is 77.6 Å². The molecule has 0 bridgehead atoms. The summed E-state index contributed by atoms with van der Waals surface area (Å²) in [6.45, 7) is 1.68. The molecule has 1 fully saturated rings. The molecular weight excluding hydrogens is 497 g/mol. The SMILES string of the molecule is O=C(Nc1ccc(N2CCCN(C(=O)c3cc(F)cc(F)c3)CC2)nc1)Nc1ccccc1C(F)(F)F. The smallest absolute Gasteiger partial charge is 0.355 e. The summed E-state index contributed by atoms with van der Waals surface area (Å²) < 4.78 is 66.4. The Morgan fingerprint density at radius 1 is 0.865 bits per heavy atom. The fourth-order valence-corrected chi connectivity index (χ4v) is 3.98. The van der Waals surface area contributed by atoms with Crippen molar-refractivity contribution in [2.24, 2.45) is 0 Å². The normalized spacial score (nSPS) is 14.2. The second-order valence-electron chi connectivity index (χ2n) is 8.32. The highest BCUT2D eigenvalue weighted by molar-refractivity contribution is 6.00. The molecular formula is C25H22F5N5O2. The molecule has 0 unspecified atom stereocenters. The minimum absolute atomic E-state index is 0.0596. The average molecular weight is 519 g/mol. The van der Waals surface area contributed by atoms with Crippen molar-refractivity contribution in [3.8, 4) is 0 Å². The Kier molecular flexibility index (Phi) is 7.55. The quantitative estimate of drug-likeness (QED) is 0.454. The molecule has 0 spiro atoms. The van der Waals surface area contributed by atoms with Crippen LogP contribution in [0.2, 0.25) is 0 Å². The Morgan fingerprint density at radius 3 is 2.27 bits per heavy atom. The van der Waals surface area contributed by atoms with E-state index in [1.165, 1.54) is 23.2 Å². The molecule has 1 saturated heterocycles. The molecule has 0 saturated carbocycles. The van der Waals surface area contributed by atoms with Gasteiger partial charge in [-0.3, -0.25) is 4.79 Å². The molecule has 2 aromatic carbocycles. The standard InChI is InChI=1S/C25H22F5N5O2/c26-17-12-16(13-18(27)14-17)23(36)35-9-3-8-34(10-11-35)22-7-6-19(15-31-22)32-24(37)33-21-5-2-1-4-20(21)25(28,29)30/h1-2,4-7,12-15H,3,8-11H2,(H2,32,33,37). The molecule has 37 heavy (non-hydrogen) atoms. The van der Waals surface area contributed by atoms with Crippen LogP contribution in [0, 0.1) is 11.6 Å². The number of rotatable bonds is 4. The van der Waals surface area contributed by atoms with E-state index in [4.69, 9.17) is 0 Å². The molecule has 3 aromatic rings. The van der Waals surface area contributed by atoms with Crippen LogP contribution in [0.15, 0.2) is 60.8 Å². The summed E-state index contributed by atoms with van der Waals surface area (Å²) in [5, 5.41) is 4.64. The number of nitrogens with zero attached hydrogens (tertiary/aromatic N) is 3. The molecule has 3 amide bonds. The summed E-state index contributed by atoms with van der Waals surface area (Å²) in [6, 6.07) is 9.68. The van der Waals surface area contributed by atoms with E-state index in [-0.39, 0.29) is 16.9 Å². The van der Waals surface area contributed by atoms with Crippen molar-refractivity contribution in [2.45, 2.75) is 12.6 Å². The number of urea groups is 1. The second-order valence-corrected chi connectivity index (χ2v) is 8.32. The maximum absolute atomic E-state index is 13.5. The van der Waals surface area contributed by atoms with Gasteiger partial charge in [0.25, 0.3) is 5.91 Å². The lowest BCUT2D eigenvalue weighted by molar-refractivity contribution is -0.136. The molecule has 2 N–H and O–H groups in total. The van der Waals surface area contributed by atoms with Crippen LogP contribution in [0.25, 0.3) is 0 Å². The molecule has 2 heterocycles. The number of pyridine rings is 1. The van der Waals surface area contributed by atoms with Crippen molar-refractivity contribution >= 4 is 29.1 Å². The summed E-state index contributed by atoms with van der Waals surface area (Å²) in [6.07, 6.45) is -2.66. The number of benzene rings is 2. The largest absolute Gasteiger partial charge is 0.418 e. The first-order valence-electron chi connectivity index (χ1n) is 11.3. The molecule has 0 radical (unpaired) electrons. The van der Waals surface area contributed by atoms with Crippen LogP contribution >= 0.6 is 0 Å². The number of hydrogen-bond donors (Lipinski definition) is 2. The molecule has 194 valence electrons. The monoisotopic (exact) mass is 519 g/mol. The van der Waals surface area contributed by atoms with E-state index in [1.54, 1.807) is 12.1 Å². The van der Waals surface area contributed by atoms with Crippen LogP contribution in [0.5, 0.6) is 0 Å². The summed E-state index contributed by atoms with van der Waals surface area (Å²) in [5.74, 6) is -1.54. The predicted molar refractivity (Wildman–Crippen MR) is 127 cm³/mol. The van der Waals surface area contributed by atoms with Crippen molar-refractivity contribution in [1.29, 1.82) is 0 Å². The minimum Gasteiger partial charge on any atom is -0.355 e. The Hall–Kier alpha value is -4.22. The highest BCUT2D eigenvalue weighted by Crippen LogP contribution is 2.34. The van der Waals surface area contributed by atoms with Gasteiger partial charge in [0.15, 0.2) is 0 Å². The molecule has 0 atom stereocenters. The second kappa shape index (κ2) is 10.8. The molecule has 4 rings (SSSR count). The van der Waals surface area contributed by atoms with Crippen molar-refractivity contribution in [2.75, 3.05) is 41.7 Å². The van der Waals surface area contributed by atoms with E-state index in [9.17, 15) is 31.5 Å². The van der Waals surface area contributed by atoms with Crippen molar-refractivity contribution < 1.29 is 31.5 Å². The third-order valence-corrected chi connectivity index (χ3v) is 5.70. The van der Waals surface area contributed by atoms with Crippen LogP contribution < -0.4 is 15.5 Å². The average Bonchev–Trinajstić information content (AvgIpc) is 3.09. The maximum Gasteiger partial charge on any atom is 0.418 e. The Labute approximate surface area is 208 Å². The van der Waals surface area contributed by atoms with Gasteiger partial charge in [-0.15, -0.1) is 0 Å². The predicted octanol–water partition coefficient (Wildman–Crippen LogP) is 5.38. The van der Waals surface area contributed by atoms with Gasteiger partial charge < -0.3 is 20.4 Å². The highest BCUT2D eigenvalue weighted by Gasteiger charge is 2.33. The fraction of sp³-hybridized carbons (Fsp3) is 0.240. The van der Waals surface area contributed by atoms with Crippen molar-refractivity contribution in [3.63, 3.8) is 0 Å². The van der Waals surface area contributed by atoms with E-state index in [1.807, 2.05) is 4.90 Å². The van der Waals surface area contributed by atoms with Crippen LogP contribution in [-0.4, -0.2) is 48.0 Å². The van der Waals surface area contributed by atoms with Gasteiger partial charge in [-0.25, -0.2) is 18.6 Å². The first-order chi connectivity index (χ1) is 17.6. The lowest BCUT2D eigenvalue weighted by Crippen LogP contribution is -2.35. The van der Waals surface area contributed by atoms with Crippen molar-refractivity contribution in [1.82, 2.24) is 9.88 Å². The van der Waals surface area contributed by atoms with E-state index in [0.717, 1.165) is 24.3 Å². The Bertz CT molecular complexity index is 1260. The third-order valence-electron chi connectivity index (χ3n) is 5.70. The third kappa shape index (κ3) is 6.51. The van der Waals surface area contributed by atoms with Crippen molar-refractivity contribution in [3.05, 3.63) is 83.6 Å². The summed E-state index contributed by atoms with van der Waals surface area (Å²) >= 11 is 0. The molecule has 1 aliphatic heterocycles. The van der Waals surface area contributed by atoms with Gasteiger partial charge in [-0.1, -0.05) is 12.1 Å². The summed E-state index contributed by atoms with van der Waals surface area (Å²) in [4.78, 5) is 32.7. The molecule has 1 aromatic heterocycles. The van der Waals surface area contributed by atoms with Gasteiger partial charge >= 0.3 is 12.2 Å². The van der Waals surface area contributed by atoms with E-state index < -0.39 is 35.3 Å². The van der Waals surface area contributed by atoms with Gasteiger partial charge in [0.1, 0.15) is 17.5 Å². The van der Waals surface area contributed by atoms with Crippen LogP contribution in [-0.2, 0) is 6.18 Å². The van der Waals surface area contributed by atoms with Gasteiger partial charge in [0.05, 0.1) is 23.1 Å². The number of anilines is 3. The highest BCUT2D eigenvalue weighted by atomic mass is 19.4. The van der Waals surface area contributed by atoms with E-state index in [2.05, 4.69) is 15.6 Å². The molecule has 12 heteroatoms. The number of carbonyl (C=O) groups is 2. The van der Waals surface area contributed by atoms with E-state index >= 15 is 0 Å². The fourth-order valence-electron chi connectivity index (χ4n) is 3.98. The molecule has 0 aliphatic carbocycles. The van der Waals surface area contributed by atoms with Crippen LogP contribution in [0.3, 0.4) is 0 Å². The number of nitrogens with one attached hydrogen (secondary N) is 2. The van der Waals surface area contributed by atoms with Crippen LogP contribution in [0.4, 0.5) is 43.9 Å². The van der Waals surface area contributed by atoms with Gasteiger partial charge in [0.2, 0.25) is 0 Å². The Morgan fingerprint density at radius 2 is 1.59 bits per heavy atom. The zero-order valence-corrected chi connectivity index (χ0v) is 19.4. The number of halogens is 5. The number of hydrogen-bond acceptors (Lipinski definition) is 4. The number of alkyl halides is 3. The number of carbonyl (C=O) groups excluding carboxylic acids is 2. The minimum atomic E-state index is -4.62. The van der Waals surface area contributed by atoms with Gasteiger partial charge in [-0.2, -0.15) is 13.2 Å². The van der Waals surface area contributed by atoms with Gasteiger partial charge in [0, 0.05) is 37.8 Å². The zero-order valence-electron chi connectivity index (χ0n) is 19.4. The zero-order chi connectivity index (χ0) is 26.6. The first kappa shape index (κ1) is 25.9. The number of para-hydroxylation sites is 1. The maximum atomic E-state index is 13.5. The van der Waals surface area contributed by atoms with Gasteiger partial charge in [-0.05, 0) is 42.8 Å². The molecule has 7 nitrogen and oxygen atoms in total. The lowest BCUT2D eigenvalue weighted by Gasteiger charge is -2.23. The number of amides is 3. The van der Waals surface area contributed by atoms with E-state index in [0.29, 0.717) is 44.5 Å². The Balaban J connectivity index is 1.35. The summed E-state index contributed by atoms with van der Waals surface area (Å²) in [7, 11) is 0. The number of aromatic nitrogens is 1. The lowest BCUT2D eigenvalue weighted by atomic mass is 10.1. The summed E-state index contributed by atoms with van der Waals surface area (Å²) in [5.41, 5.74) is -1.13.